The van der Waals surface area contributed by atoms with Gasteiger partial charge in [0.2, 0.25) is 0 Å². The van der Waals surface area contributed by atoms with Crippen molar-refractivity contribution in [1.29, 1.82) is 0 Å². The van der Waals surface area contributed by atoms with Crippen LogP contribution >= 0.6 is 0 Å². The molecule has 1 aromatic rings. The number of hydrogen-bond acceptors (Lipinski definition) is 2. The third-order valence-electron chi connectivity index (χ3n) is 5.50. The van der Waals surface area contributed by atoms with Crippen LogP contribution in [0.25, 0.3) is 0 Å². The molecule has 3 heteroatoms. The lowest BCUT2D eigenvalue weighted by atomic mass is 9.82. The van der Waals surface area contributed by atoms with Gasteiger partial charge in [0.05, 0.1) is 0 Å². The first-order valence-electron chi connectivity index (χ1n) is 8.21. The molecule has 0 saturated carbocycles. The Hall–Kier alpha value is -0.930. The first-order chi connectivity index (χ1) is 9.97. The summed E-state index contributed by atoms with van der Waals surface area (Å²) in [6, 6.07) is 6.95. The van der Waals surface area contributed by atoms with Gasteiger partial charge in [0, 0.05) is 30.7 Å². The second-order valence-corrected chi connectivity index (χ2v) is 6.67. The summed E-state index contributed by atoms with van der Waals surface area (Å²) in [4.78, 5) is 2.59. The van der Waals surface area contributed by atoms with E-state index >= 15 is 0 Å². The molecule has 1 unspecified atom stereocenters. The van der Waals surface area contributed by atoms with E-state index in [0.717, 1.165) is 38.9 Å². The van der Waals surface area contributed by atoms with Gasteiger partial charge in [0.1, 0.15) is 5.82 Å². The Kier molecular flexibility index (Phi) is 5.05. The molecule has 0 amide bonds. The maximum atomic E-state index is 13.1. The average Bonchev–Trinajstić information content (AvgIpc) is 2.52. The molecule has 1 N–H and O–H groups in total. The molecule has 1 atom stereocenters. The van der Waals surface area contributed by atoms with Gasteiger partial charge in [0.25, 0.3) is 0 Å². The minimum Gasteiger partial charge on any atom is -0.308 e. The van der Waals surface area contributed by atoms with E-state index in [9.17, 15) is 4.39 Å². The van der Waals surface area contributed by atoms with Gasteiger partial charge < -0.3 is 5.32 Å². The Labute approximate surface area is 128 Å². The quantitative estimate of drug-likeness (QED) is 0.883. The predicted octanol–water partition coefficient (Wildman–Crippen LogP) is 3.96. The Morgan fingerprint density at radius 2 is 1.71 bits per heavy atom. The molecular weight excluding hydrogens is 263 g/mol. The summed E-state index contributed by atoms with van der Waals surface area (Å²) in [5.74, 6) is -0.159. The summed E-state index contributed by atoms with van der Waals surface area (Å²) >= 11 is 0. The minimum absolute atomic E-state index is 0.159. The van der Waals surface area contributed by atoms with Crippen LogP contribution in [0.2, 0.25) is 0 Å². The van der Waals surface area contributed by atoms with Gasteiger partial charge in [-0.2, -0.15) is 0 Å². The number of halogens is 1. The zero-order valence-corrected chi connectivity index (χ0v) is 13.9. The van der Waals surface area contributed by atoms with E-state index in [0.29, 0.717) is 0 Å². The van der Waals surface area contributed by atoms with E-state index in [-0.39, 0.29) is 16.9 Å². The summed E-state index contributed by atoms with van der Waals surface area (Å²) < 4.78 is 13.1. The zero-order chi connectivity index (χ0) is 15.5. The Morgan fingerprint density at radius 3 is 2.24 bits per heavy atom. The van der Waals surface area contributed by atoms with Crippen LogP contribution in [0.15, 0.2) is 24.3 Å². The van der Waals surface area contributed by atoms with Crippen LogP contribution in [-0.2, 0) is 6.54 Å². The lowest BCUT2D eigenvalue weighted by Gasteiger charge is -2.53. The highest BCUT2D eigenvalue weighted by molar-refractivity contribution is 5.17. The van der Waals surface area contributed by atoms with E-state index in [1.54, 1.807) is 12.1 Å². The van der Waals surface area contributed by atoms with Crippen molar-refractivity contribution in [1.82, 2.24) is 10.2 Å². The third-order valence-corrected chi connectivity index (χ3v) is 5.50. The first kappa shape index (κ1) is 16.4. The molecule has 1 aliphatic heterocycles. The maximum Gasteiger partial charge on any atom is 0.123 e. The van der Waals surface area contributed by atoms with Crippen molar-refractivity contribution in [3.63, 3.8) is 0 Å². The molecule has 0 spiro atoms. The molecule has 118 valence electrons. The topological polar surface area (TPSA) is 15.3 Å². The molecule has 2 rings (SSSR count). The Bertz CT molecular complexity index is 453. The maximum absolute atomic E-state index is 13.1. The summed E-state index contributed by atoms with van der Waals surface area (Å²) in [7, 11) is 0. The second-order valence-electron chi connectivity index (χ2n) is 6.67. The van der Waals surface area contributed by atoms with Crippen molar-refractivity contribution in [3.8, 4) is 0 Å². The highest BCUT2D eigenvalue weighted by Crippen LogP contribution is 2.31. The van der Waals surface area contributed by atoms with Crippen molar-refractivity contribution in [2.45, 2.75) is 64.6 Å². The minimum atomic E-state index is -0.159. The number of benzene rings is 1. The number of hydrogen-bond donors (Lipinski definition) is 1. The fourth-order valence-electron chi connectivity index (χ4n) is 3.23. The van der Waals surface area contributed by atoms with Crippen molar-refractivity contribution >= 4 is 0 Å². The SMILES string of the molecule is CCC1(CC)CN(Cc2ccc(F)cc2)C(C)(CC)CN1. The van der Waals surface area contributed by atoms with E-state index in [2.05, 4.69) is 37.9 Å². The number of piperazine rings is 1. The summed E-state index contributed by atoms with van der Waals surface area (Å²) in [5.41, 5.74) is 1.58. The van der Waals surface area contributed by atoms with Crippen molar-refractivity contribution in [2.75, 3.05) is 13.1 Å². The van der Waals surface area contributed by atoms with Gasteiger partial charge in [0.15, 0.2) is 0 Å². The van der Waals surface area contributed by atoms with Crippen molar-refractivity contribution in [3.05, 3.63) is 35.6 Å². The van der Waals surface area contributed by atoms with Gasteiger partial charge >= 0.3 is 0 Å². The summed E-state index contributed by atoms with van der Waals surface area (Å²) in [6.45, 7) is 12.1. The number of nitrogens with one attached hydrogen (secondary N) is 1. The van der Waals surface area contributed by atoms with Crippen LogP contribution in [0, 0.1) is 5.82 Å². The molecule has 1 fully saturated rings. The van der Waals surface area contributed by atoms with Crippen molar-refractivity contribution < 1.29 is 4.39 Å². The largest absolute Gasteiger partial charge is 0.308 e. The molecule has 1 aliphatic rings. The van der Waals surface area contributed by atoms with Crippen molar-refractivity contribution in [2.24, 2.45) is 0 Å². The average molecular weight is 292 g/mol. The van der Waals surface area contributed by atoms with Crippen LogP contribution in [0.4, 0.5) is 4.39 Å². The van der Waals surface area contributed by atoms with Gasteiger partial charge in [-0.15, -0.1) is 0 Å². The molecule has 0 radical (unpaired) electrons. The van der Waals surface area contributed by atoms with Gasteiger partial charge in [-0.05, 0) is 43.9 Å². The van der Waals surface area contributed by atoms with Crippen LogP contribution in [0.3, 0.4) is 0 Å². The molecule has 0 bridgehead atoms. The fraction of sp³-hybridized carbons (Fsp3) is 0.667. The predicted molar refractivity (Wildman–Crippen MR) is 86.8 cm³/mol. The van der Waals surface area contributed by atoms with Crippen LogP contribution in [0.1, 0.15) is 52.5 Å². The lowest BCUT2D eigenvalue weighted by Crippen LogP contribution is -2.68. The fourth-order valence-corrected chi connectivity index (χ4v) is 3.23. The highest BCUT2D eigenvalue weighted by Gasteiger charge is 2.42. The van der Waals surface area contributed by atoms with Gasteiger partial charge in [-0.1, -0.05) is 32.9 Å². The zero-order valence-electron chi connectivity index (χ0n) is 13.9. The lowest BCUT2D eigenvalue weighted by molar-refractivity contribution is 0.00275. The molecule has 21 heavy (non-hydrogen) atoms. The number of nitrogens with zero attached hydrogens (tertiary/aromatic N) is 1. The second kappa shape index (κ2) is 6.45. The molecule has 1 heterocycles. The monoisotopic (exact) mass is 292 g/mol. The molecule has 0 aliphatic carbocycles. The third kappa shape index (κ3) is 3.46. The molecular formula is C18H29FN2. The van der Waals surface area contributed by atoms with E-state index in [4.69, 9.17) is 0 Å². The summed E-state index contributed by atoms with van der Waals surface area (Å²) in [5, 5.41) is 3.80. The van der Waals surface area contributed by atoms with E-state index in [1.807, 2.05) is 12.1 Å². The smallest absolute Gasteiger partial charge is 0.123 e. The van der Waals surface area contributed by atoms with Gasteiger partial charge in [-0.25, -0.2) is 4.39 Å². The molecule has 2 nitrogen and oxygen atoms in total. The van der Waals surface area contributed by atoms with Crippen LogP contribution < -0.4 is 5.32 Å². The first-order valence-corrected chi connectivity index (χ1v) is 8.21. The standard InChI is InChI=1S/C18H29FN2/c1-5-17(4)13-20-18(6-2,7-3)14-21(17)12-15-8-10-16(19)11-9-15/h8-11,20H,5-7,12-14H2,1-4H3. The number of rotatable bonds is 5. The van der Waals surface area contributed by atoms with Crippen LogP contribution in [-0.4, -0.2) is 29.1 Å². The highest BCUT2D eigenvalue weighted by atomic mass is 19.1. The normalized spacial score (nSPS) is 26.0. The molecule has 0 aromatic heterocycles. The van der Waals surface area contributed by atoms with E-state index < -0.39 is 0 Å². The molecule has 1 aromatic carbocycles. The molecule has 1 saturated heterocycles. The Morgan fingerprint density at radius 1 is 1.10 bits per heavy atom. The van der Waals surface area contributed by atoms with Crippen LogP contribution in [0.5, 0.6) is 0 Å². The Balaban J connectivity index is 2.20. The van der Waals surface area contributed by atoms with Gasteiger partial charge in [-0.3, -0.25) is 4.90 Å². The van der Waals surface area contributed by atoms with E-state index in [1.165, 1.54) is 5.56 Å². The summed E-state index contributed by atoms with van der Waals surface area (Å²) in [6.07, 6.45) is 3.40.